The van der Waals surface area contributed by atoms with Gasteiger partial charge in [0.05, 0.1) is 36.2 Å². The molecule has 6 aromatic heterocycles. The molecule has 2 aliphatic heterocycles. The fourth-order valence-corrected chi connectivity index (χ4v) is 7.76. The smallest absolute Gasteiger partial charge is 0.250 e. The molecule has 1 N–H and O–H groups in total. The second-order valence-corrected chi connectivity index (χ2v) is 14.7. The van der Waals surface area contributed by atoms with Gasteiger partial charge in [-0.3, -0.25) is 28.5 Å². The Kier molecular flexibility index (Phi) is 11.5. The highest BCUT2D eigenvalue weighted by Crippen LogP contribution is 2.41. The molecule has 0 saturated carbocycles. The molecule has 2 atom stereocenters. The van der Waals surface area contributed by atoms with Gasteiger partial charge in [-0.1, -0.05) is 21.3 Å². The minimum Gasteiger partial charge on any atom is -0.309 e. The molecule has 2 aliphatic rings. The van der Waals surface area contributed by atoms with Gasteiger partial charge >= 0.3 is 0 Å². The van der Waals surface area contributed by atoms with E-state index in [1.165, 1.54) is 24.3 Å². The highest BCUT2D eigenvalue weighted by molar-refractivity contribution is 6.07. The third-order valence-electron chi connectivity index (χ3n) is 10.9. The standard InChI is InChI=1S/C22H21FN8O.C21H19FN8O.CH4/c1-4-17-21(32)29(3)18-12-25-22(27-20(18)31(17)16-11-26-28(2)13-16)30-10-9-24-19(30)14-5-7-15(23)8-6-14;1-3-16-20(31)28(2)17-12-24-21(27-19(17)30(16)15-10-25-26-11-15)29-9-8-23-18(29)13-4-6-14(22)7-5-13;/h5-13,17H,4H2,1-3H3;4-12,16H,3H2,1-2H3,(H,25,26);1H4. The van der Waals surface area contributed by atoms with Crippen molar-refractivity contribution in [2.75, 3.05) is 33.7 Å². The van der Waals surface area contributed by atoms with Gasteiger partial charge in [-0.15, -0.1) is 0 Å². The summed E-state index contributed by atoms with van der Waals surface area (Å²) in [5.74, 6) is 2.45. The van der Waals surface area contributed by atoms with Crippen LogP contribution in [0.1, 0.15) is 34.1 Å². The molecule has 0 aliphatic carbocycles. The summed E-state index contributed by atoms with van der Waals surface area (Å²) >= 11 is 0. The Hall–Kier alpha value is -8.16. The average Bonchev–Trinajstić information content (AvgIpc) is 4.16. The molecule has 18 nitrogen and oxygen atoms in total. The van der Waals surface area contributed by atoms with Crippen molar-refractivity contribution >= 4 is 46.2 Å². The van der Waals surface area contributed by atoms with Crippen molar-refractivity contribution in [2.24, 2.45) is 7.05 Å². The Morgan fingerprint density at radius 2 is 1.09 bits per heavy atom. The Balaban J connectivity index is 0.000000172. The Labute approximate surface area is 366 Å². The van der Waals surface area contributed by atoms with Crippen molar-refractivity contribution in [2.45, 2.75) is 46.2 Å². The number of H-pyrrole nitrogens is 1. The highest BCUT2D eigenvalue weighted by atomic mass is 19.1. The first-order chi connectivity index (χ1) is 30.6. The number of hydrogen-bond donors (Lipinski definition) is 1. The lowest BCUT2D eigenvalue weighted by Crippen LogP contribution is -2.50. The molecule has 10 rings (SSSR count). The molecule has 20 heteroatoms. The van der Waals surface area contributed by atoms with Gasteiger partial charge in [0.1, 0.15) is 46.7 Å². The second kappa shape index (κ2) is 17.3. The average molecular weight is 867 g/mol. The van der Waals surface area contributed by atoms with Gasteiger partial charge in [0, 0.05) is 69.5 Å². The van der Waals surface area contributed by atoms with E-state index in [0.717, 1.165) is 22.5 Å². The van der Waals surface area contributed by atoms with Crippen LogP contribution < -0.4 is 19.6 Å². The number of aryl methyl sites for hydroxylation is 1. The lowest BCUT2D eigenvalue weighted by atomic mass is 10.1. The lowest BCUT2D eigenvalue weighted by Gasteiger charge is -2.39. The SMILES string of the molecule is C.CCC1C(=O)N(C)c2cnc(-n3ccnc3-c3ccc(F)cc3)nc2N1c1cn[nH]c1.CCC1C(=O)N(C)c2cnc(-n3ccnc3-c3ccc(F)cc3)nc2N1c1cnn(C)c1. The number of carbonyl (C=O) groups is 2. The van der Waals surface area contributed by atoms with Gasteiger partial charge in [-0.25, -0.2) is 28.7 Å². The highest BCUT2D eigenvalue weighted by Gasteiger charge is 2.40. The summed E-state index contributed by atoms with van der Waals surface area (Å²) in [5.41, 5.74) is 4.19. The number of hydrogen-bond acceptors (Lipinski definition) is 12. The van der Waals surface area contributed by atoms with Crippen molar-refractivity contribution < 1.29 is 18.4 Å². The number of fused-ring (bicyclic) bond motifs is 2. The van der Waals surface area contributed by atoms with Gasteiger partial charge in [0.15, 0.2) is 11.6 Å². The quantitative estimate of drug-likeness (QED) is 0.169. The lowest BCUT2D eigenvalue weighted by molar-refractivity contribution is -0.120. The van der Waals surface area contributed by atoms with Crippen LogP contribution in [0.3, 0.4) is 0 Å². The first-order valence-electron chi connectivity index (χ1n) is 20.0. The van der Waals surface area contributed by atoms with E-state index >= 15 is 0 Å². The molecule has 64 heavy (non-hydrogen) atoms. The molecular formula is C44H44F2N16O2. The summed E-state index contributed by atoms with van der Waals surface area (Å²) in [6.07, 6.45) is 18.2. The summed E-state index contributed by atoms with van der Waals surface area (Å²) in [4.78, 5) is 60.4. The maximum Gasteiger partial charge on any atom is 0.250 e. The Morgan fingerprint density at radius 1 is 0.625 bits per heavy atom. The van der Waals surface area contributed by atoms with Crippen LogP contribution in [0.25, 0.3) is 34.7 Å². The summed E-state index contributed by atoms with van der Waals surface area (Å²) in [6, 6.07) is 11.3. The third kappa shape index (κ3) is 7.47. The van der Waals surface area contributed by atoms with Crippen LogP contribution in [0, 0.1) is 11.6 Å². The number of carbonyl (C=O) groups excluding carboxylic acids is 2. The van der Waals surface area contributed by atoms with Gasteiger partial charge in [-0.05, 0) is 61.4 Å². The normalized spacial score (nSPS) is 15.7. The zero-order chi connectivity index (χ0) is 43.9. The monoisotopic (exact) mass is 866 g/mol. The van der Waals surface area contributed by atoms with Gasteiger partial charge in [0.2, 0.25) is 23.7 Å². The third-order valence-corrected chi connectivity index (χ3v) is 10.9. The number of aromatic amines is 1. The number of aromatic nitrogens is 12. The van der Waals surface area contributed by atoms with Crippen molar-refractivity contribution in [3.63, 3.8) is 0 Å². The fourth-order valence-electron chi connectivity index (χ4n) is 7.76. The zero-order valence-electron chi connectivity index (χ0n) is 34.7. The van der Waals surface area contributed by atoms with E-state index in [1.54, 1.807) is 118 Å². The number of nitrogens with one attached hydrogen (secondary N) is 1. The number of amides is 2. The van der Waals surface area contributed by atoms with Crippen LogP contribution in [0.4, 0.5) is 43.2 Å². The molecule has 8 heterocycles. The van der Waals surface area contributed by atoms with Gasteiger partial charge in [-0.2, -0.15) is 20.2 Å². The first-order valence-corrected chi connectivity index (χ1v) is 20.0. The molecule has 2 aromatic carbocycles. The predicted molar refractivity (Wildman–Crippen MR) is 237 cm³/mol. The van der Waals surface area contributed by atoms with E-state index in [0.29, 0.717) is 59.4 Å². The fraction of sp³-hybridized carbons (Fsp3) is 0.227. The van der Waals surface area contributed by atoms with Crippen molar-refractivity contribution in [3.8, 4) is 34.7 Å². The molecule has 0 fully saturated rings. The molecule has 0 bridgehead atoms. The van der Waals surface area contributed by atoms with Crippen LogP contribution in [0.5, 0.6) is 0 Å². The largest absolute Gasteiger partial charge is 0.309 e. The van der Waals surface area contributed by atoms with Gasteiger partial charge in [0.25, 0.3) is 0 Å². The zero-order valence-corrected chi connectivity index (χ0v) is 34.7. The van der Waals surface area contributed by atoms with Crippen LogP contribution in [0.2, 0.25) is 0 Å². The Morgan fingerprint density at radius 3 is 1.50 bits per heavy atom. The number of anilines is 6. The number of likely N-dealkylation sites (N-methyl/N-ethyl adjacent to an activating group) is 2. The molecule has 2 unspecified atom stereocenters. The van der Waals surface area contributed by atoms with Crippen LogP contribution in [-0.2, 0) is 16.6 Å². The minimum absolute atomic E-state index is 0. The predicted octanol–water partition coefficient (Wildman–Crippen LogP) is 6.82. The summed E-state index contributed by atoms with van der Waals surface area (Å²) in [6.45, 7) is 3.93. The molecule has 0 radical (unpaired) electrons. The van der Waals surface area contributed by atoms with Crippen LogP contribution in [-0.4, -0.2) is 97.0 Å². The number of benzene rings is 2. The number of imidazole rings is 2. The van der Waals surface area contributed by atoms with Crippen LogP contribution in [0.15, 0.2) is 110 Å². The number of halogens is 2. The summed E-state index contributed by atoms with van der Waals surface area (Å²) < 4.78 is 31.9. The van der Waals surface area contributed by atoms with Crippen LogP contribution >= 0.6 is 0 Å². The van der Waals surface area contributed by atoms with E-state index in [2.05, 4.69) is 35.2 Å². The minimum atomic E-state index is -0.419. The van der Waals surface area contributed by atoms with Crippen molar-refractivity contribution in [1.82, 2.24) is 59.0 Å². The van der Waals surface area contributed by atoms with Crippen molar-refractivity contribution in [1.29, 1.82) is 0 Å². The van der Waals surface area contributed by atoms with Gasteiger partial charge < -0.3 is 19.6 Å². The number of rotatable bonds is 8. The van der Waals surface area contributed by atoms with E-state index < -0.39 is 12.1 Å². The summed E-state index contributed by atoms with van der Waals surface area (Å²) in [7, 11) is 5.28. The molecule has 0 spiro atoms. The van der Waals surface area contributed by atoms with E-state index in [4.69, 9.17) is 9.97 Å². The molecule has 8 aromatic rings. The maximum atomic E-state index is 13.4. The Bertz CT molecular complexity index is 2930. The van der Waals surface area contributed by atoms with Crippen molar-refractivity contribution in [3.05, 3.63) is 122 Å². The van der Waals surface area contributed by atoms with E-state index in [1.807, 2.05) is 36.9 Å². The maximum absolute atomic E-state index is 13.4. The second-order valence-electron chi connectivity index (χ2n) is 14.7. The van der Waals surface area contributed by atoms with E-state index in [-0.39, 0.29) is 30.9 Å². The molecular weight excluding hydrogens is 823 g/mol. The summed E-state index contributed by atoms with van der Waals surface area (Å²) in [5, 5.41) is 11.1. The molecule has 2 amide bonds. The topological polar surface area (TPSA) is 181 Å². The first kappa shape index (κ1) is 42.5. The molecule has 326 valence electrons. The van der Waals surface area contributed by atoms with E-state index in [9.17, 15) is 18.4 Å². The number of nitrogens with zero attached hydrogens (tertiary/aromatic N) is 15. The molecule has 0 saturated heterocycles.